The monoisotopic (exact) mass is 307 g/mol. The summed E-state index contributed by atoms with van der Waals surface area (Å²) < 4.78 is 60.4. The molecule has 0 spiro atoms. The van der Waals surface area contributed by atoms with Gasteiger partial charge in [-0.15, -0.1) is 3.89 Å². The molecule has 2 rings (SSSR count). The lowest BCUT2D eigenvalue weighted by Crippen LogP contribution is -2.35. The molecule has 1 aromatic rings. The summed E-state index contributed by atoms with van der Waals surface area (Å²) in [6, 6.07) is 4.39. The first-order chi connectivity index (χ1) is 8.82. The third-order valence-corrected chi connectivity index (χ3v) is 5.75. The van der Waals surface area contributed by atoms with Gasteiger partial charge in [0.2, 0.25) is 10.0 Å². The van der Waals surface area contributed by atoms with Gasteiger partial charge in [-0.3, -0.25) is 0 Å². The Balaban J connectivity index is 2.41. The smallest absolute Gasteiger partial charge is 0.207 e. The lowest BCUT2D eigenvalue weighted by atomic mass is 10.2. The van der Waals surface area contributed by atoms with Gasteiger partial charge in [0.25, 0.3) is 0 Å². The van der Waals surface area contributed by atoms with Crippen LogP contribution < -0.4 is 0 Å². The van der Waals surface area contributed by atoms with Gasteiger partial charge < -0.3 is 0 Å². The normalized spacial score (nSPS) is 18.4. The van der Waals surface area contributed by atoms with E-state index in [1.807, 2.05) is 0 Å². The molecule has 0 unspecified atom stereocenters. The van der Waals surface area contributed by atoms with Crippen LogP contribution in [0.15, 0.2) is 34.1 Å². The summed E-state index contributed by atoms with van der Waals surface area (Å²) in [7, 11) is -8.64. The number of rotatable bonds is 3. The number of hydrogen-bond donors (Lipinski definition) is 0. The van der Waals surface area contributed by atoms with Crippen LogP contribution in [0.4, 0.5) is 3.89 Å². The average molecular weight is 307 g/mol. The minimum absolute atomic E-state index is 0.187. The van der Waals surface area contributed by atoms with Gasteiger partial charge in [-0.25, -0.2) is 8.42 Å². The molecule has 106 valence electrons. The van der Waals surface area contributed by atoms with Crippen molar-refractivity contribution in [2.75, 3.05) is 13.1 Å². The number of halogens is 1. The molecule has 1 heterocycles. The van der Waals surface area contributed by atoms with E-state index in [0.29, 0.717) is 13.1 Å². The van der Waals surface area contributed by atoms with E-state index < -0.39 is 25.1 Å². The third kappa shape index (κ3) is 3.13. The van der Waals surface area contributed by atoms with E-state index in [1.165, 1.54) is 16.4 Å². The molecule has 0 aromatic heterocycles. The van der Waals surface area contributed by atoms with Gasteiger partial charge in [0.1, 0.15) is 0 Å². The van der Waals surface area contributed by atoms with E-state index in [-0.39, 0.29) is 4.90 Å². The predicted octanol–water partition coefficient (Wildman–Crippen LogP) is 1.52. The molecule has 1 aliphatic heterocycles. The van der Waals surface area contributed by atoms with Crippen molar-refractivity contribution in [1.82, 2.24) is 4.31 Å². The second kappa shape index (κ2) is 5.18. The standard InChI is InChI=1S/C11H14FNO4S2/c12-18(14,15)10-5-4-6-11(9-10)19(16,17)13-7-2-1-3-8-13/h4-6,9H,1-3,7-8H2. The van der Waals surface area contributed by atoms with Crippen molar-refractivity contribution in [3.8, 4) is 0 Å². The molecule has 1 aromatic carbocycles. The lowest BCUT2D eigenvalue weighted by molar-refractivity contribution is 0.346. The molecule has 1 aliphatic rings. The summed E-state index contributed by atoms with van der Waals surface area (Å²) >= 11 is 0. The van der Waals surface area contributed by atoms with Crippen molar-refractivity contribution in [2.45, 2.75) is 29.1 Å². The number of piperidine rings is 1. The number of benzene rings is 1. The third-order valence-electron chi connectivity index (χ3n) is 3.04. The maximum absolute atomic E-state index is 12.9. The molecule has 8 heteroatoms. The van der Waals surface area contributed by atoms with E-state index in [2.05, 4.69) is 0 Å². The Kier molecular flexibility index (Phi) is 3.93. The molecule has 0 bridgehead atoms. The fourth-order valence-electron chi connectivity index (χ4n) is 2.04. The van der Waals surface area contributed by atoms with Crippen LogP contribution in [0.25, 0.3) is 0 Å². The van der Waals surface area contributed by atoms with Gasteiger partial charge in [-0.1, -0.05) is 12.5 Å². The van der Waals surface area contributed by atoms with Gasteiger partial charge in [0.05, 0.1) is 9.79 Å². The van der Waals surface area contributed by atoms with Crippen LogP contribution in [0, 0.1) is 0 Å². The van der Waals surface area contributed by atoms with Gasteiger partial charge in [0.15, 0.2) is 0 Å². The fourth-order valence-corrected chi connectivity index (χ4v) is 4.19. The first-order valence-corrected chi connectivity index (χ1v) is 8.69. The quantitative estimate of drug-likeness (QED) is 0.794. The molecular formula is C11H14FNO4S2. The van der Waals surface area contributed by atoms with Gasteiger partial charge in [-0.05, 0) is 31.0 Å². The van der Waals surface area contributed by atoms with Crippen molar-refractivity contribution < 1.29 is 20.7 Å². The molecule has 0 radical (unpaired) electrons. The largest absolute Gasteiger partial charge is 0.332 e. The molecule has 19 heavy (non-hydrogen) atoms. The van der Waals surface area contributed by atoms with Crippen molar-refractivity contribution in [2.24, 2.45) is 0 Å². The Bertz CT molecular complexity index is 664. The number of hydrogen-bond acceptors (Lipinski definition) is 4. The average Bonchev–Trinajstić information content (AvgIpc) is 2.39. The zero-order valence-electron chi connectivity index (χ0n) is 10.1. The van der Waals surface area contributed by atoms with E-state index in [4.69, 9.17) is 0 Å². The minimum atomic E-state index is -4.90. The highest BCUT2D eigenvalue weighted by atomic mass is 32.3. The summed E-state index contributed by atoms with van der Waals surface area (Å²) in [6.45, 7) is 0.823. The molecule has 1 fully saturated rings. The Morgan fingerprint density at radius 1 is 0.947 bits per heavy atom. The van der Waals surface area contributed by atoms with Crippen molar-refractivity contribution in [3.63, 3.8) is 0 Å². The van der Waals surface area contributed by atoms with Crippen molar-refractivity contribution in [3.05, 3.63) is 24.3 Å². The number of sulfonamides is 1. The highest BCUT2D eigenvalue weighted by Crippen LogP contribution is 2.23. The second-order valence-electron chi connectivity index (χ2n) is 4.38. The maximum Gasteiger partial charge on any atom is 0.332 e. The van der Waals surface area contributed by atoms with Crippen molar-refractivity contribution in [1.29, 1.82) is 0 Å². The molecule has 0 atom stereocenters. The molecule has 5 nitrogen and oxygen atoms in total. The number of nitrogens with zero attached hydrogens (tertiary/aromatic N) is 1. The maximum atomic E-state index is 12.9. The Morgan fingerprint density at radius 2 is 1.53 bits per heavy atom. The summed E-state index contributed by atoms with van der Waals surface area (Å²) in [4.78, 5) is -0.821. The van der Waals surface area contributed by atoms with E-state index in [1.54, 1.807) is 0 Å². The molecule has 0 amide bonds. The van der Waals surface area contributed by atoms with Crippen LogP contribution in [-0.4, -0.2) is 34.2 Å². The molecular weight excluding hydrogens is 293 g/mol. The predicted molar refractivity (Wildman–Crippen MR) is 67.3 cm³/mol. The van der Waals surface area contributed by atoms with Gasteiger partial charge >= 0.3 is 10.2 Å². The first kappa shape index (κ1) is 14.4. The van der Waals surface area contributed by atoms with Crippen LogP contribution in [0.2, 0.25) is 0 Å². The zero-order chi connectivity index (χ0) is 14.1. The summed E-state index contributed by atoms with van der Waals surface area (Å²) in [5.74, 6) is 0. The summed E-state index contributed by atoms with van der Waals surface area (Å²) in [5, 5.41) is 0. The molecule has 0 saturated carbocycles. The highest BCUT2D eigenvalue weighted by Gasteiger charge is 2.27. The zero-order valence-corrected chi connectivity index (χ0v) is 11.8. The van der Waals surface area contributed by atoms with E-state index in [9.17, 15) is 20.7 Å². The van der Waals surface area contributed by atoms with Gasteiger partial charge in [-0.2, -0.15) is 12.7 Å². The minimum Gasteiger partial charge on any atom is -0.207 e. The Labute approximate surface area is 112 Å². The second-order valence-corrected chi connectivity index (χ2v) is 7.66. The molecule has 1 saturated heterocycles. The molecule has 0 N–H and O–H groups in total. The lowest BCUT2D eigenvalue weighted by Gasteiger charge is -2.25. The van der Waals surface area contributed by atoms with E-state index >= 15 is 0 Å². The first-order valence-electron chi connectivity index (χ1n) is 5.87. The van der Waals surface area contributed by atoms with Crippen LogP contribution in [-0.2, 0) is 20.2 Å². The molecule has 0 aliphatic carbocycles. The summed E-state index contributed by atoms with van der Waals surface area (Å²) in [5.41, 5.74) is 0. The Morgan fingerprint density at radius 3 is 2.11 bits per heavy atom. The van der Waals surface area contributed by atoms with Gasteiger partial charge in [0, 0.05) is 13.1 Å². The van der Waals surface area contributed by atoms with Crippen LogP contribution in [0.1, 0.15) is 19.3 Å². The fraction of sp³-hybridized carbons (Fsp3) is 0.455. The van der Waals surface area contributed by atoms with Crippen molar-refractivity contribution >= 4 is 20.2 Å². The van der Waals surface area contributed by atoms with Crippen LogP contribution in [0.3, 0.4) is 0 Å². The highest BCUT2D eigenvalue weighted by molar-refractivity contribution is 7.89. The van der Waals surface area contributed by atoms with Crippen LogP contribution >= 0.6 is 0 Å². The summed E-state index contributed by atoms with van der Waals surface area (Å²) in [6.07, 6.45) is 2.53. The van der Waals surface area contributed by atoms with E-state index in [0.717, 1.165) is 31.4 Å². The SMILES string of the molecule is O=S(=O)(F)c1cccc(S(=O)(=O)N2CCCCC2)c1. The van der Waals surface area contributed by atoms with Crippen LogP contribution in [0.5, 0.6) is 0 Å². The topological polar surface area (TPSA) is 71.5 Å². The Hall–Kier alpha value is -0.990.